The van der Waals surface area contributed by atoms with E-state index in [1.807, 2.05) is 0 Å². The van der Waals surface area contributed by atoms with Crippen LogP contribution in [0.15, 0.2) is 24.3 Å². The number of nitrogens with zero attached hydrogens (tertiary/aromatic N) is 1. The highest BCUT2D eigenvalue weighted by atomic mass is 16.4. The maximum atomic E-state index is 13.4. The van der Waals surface area contributed by atoms with Crippen LogP contribution in [0.2, 0.25) is 0 Å². The third kappa shape index (κ3) is 9.72. The number of phenols is 1. The van der Waals surface area contributed by atoms with Crippen molar-refractivity contribution in [1.82, 2.24) is 20.9 Å². The van der Waals surface area contributed by atoms with E-state index in [0.717, 1.165) is 0 Å². The van der Waals surface area contributed by atoms with Crippen LogP contribution in [0.4, 0.5) is 0 Å². The van der Waals surface area contributed by atoms with Gasteiger partial charge in [-0.05, 0) is 50.8 Å². The zero-order chi connectivity index (χ0) is 30.9. The molecule has 5 amide bonds. The lowest BCUT2D eigenvalue weighted by Gasteiger charge is -2.30. The van der Waals surface area contributed by atoms with Gasteiger partial charge in [0.1, 0.15) is 29.9 Å². The predicted molar refractivity (Wildman–Crippen MR) is 144 cm³/mol. The van der Waals surface area contributed by atoms with Gasteiger partial charge in [0.05, 0.1) is 12.1 Å². The van der Waals surface area contributed by atoms with Gasteiger partial charge < -0.3 is 47.6 Å². The van der Waals surface area contributed by atoms with Gasteiger partial charge in [-0.2, -0.15) is 0 Å². The van der Waals surface area contributed by atoms with Crippen LogP contribution in [-0.2, 0) is 35.2 Å². The van der Waals surface area contributed by atoms with Crippen LogP contribution in [-0.4, -0.2) is 98.6 Å². The molecule has 0 aliphatic carbocycles. The van der Waals surface area contributed by atoms with E-state index in [1.165, 1.54) is 43.0 Å². The van der Waals surface area contributed by atoms with Crippen LogP contribution in [0.5, 0.6) is 5.75 Å². The molecule has 15 nitrogen and oxygen atoms in total. The van der Waals surface area contributed by atoms with Crippen molar-refractivity contribution in [3.63, 3.8) is 0 Å². The Morgan fingerprint density at radius 1 is 1.00 bits per heavy atom. The number of carbonyl (C=O) groups is 6. The van der Waals surface area contributed by atoms with Gasteiger partial charge in [-0.15, -0.1) is 0 Å². The summed E-state index contributed by atoms with van der Waals surface area (Å²) in [7, 11) is 0. The van der Waals surface area contributed by atoms with Gasteiger partial charge in [0.25, 0.3) is 0 Å². The van der Waals surface area contributed by atoms with Crippen molar-refractivity contribution >= 4 is 35.5 Å². The van der Waals surface area contributed by atoms with E-state index in [-0.39, 0.29) is 31.6 Å². The van der Waals surface area contributed by atoms with E-state index in [1.54, 1.807) is 0 Å². The monoisotopic (exact) mass is 578 g/mol. The minimum absolute atomic E-state index is 0.0182. The summed E-state index contributed by atoms with van der Waals surface area (Å²) in [4.78, 5) is 76.2. The second kappa shape index (κ2) is 14.9. The lowest BCUT2D eigenvalue weighted by molar-refractivity contribution is -0.143. The van der Waals surface area contributed by atoms with Crippen molar-refractivity contribution in [3.8, 4) is 5.75 Å². The Balaban J connectivity index is 2.27. The number of carbonyl (C=O) groups excluding carboxylic acids is 5. The fourth-order valence-corrected chi connectivity index (χ4v) is 4.36. The van der Waals surface area contributed by atoms with Gasteiger partial charge in [-0.1, -0.05) is 12.1 Å². The molecule has 1 heterocycles. The molecule has 2 rings (SSSR count). The number of primary amides is 1. The Kier molecular flexibility index (Phi) is 12.0. The summed E-state index contributed by atoms with van der Waals surface area (Å²) in [6.45, 7) is 2.81. The quantitative estimate of drug-likeness (QED) is 0.115. The summed E-state index contributed by atoms with van der Waals surface area (Å²) < 4.78 is 0. The number of hydrogen-bond acceptors (Lipinski definition) is 9. The molecule has 1 aromatic carbocycles. The van der Waals surface area contributed by atoms with Gasteiger partial charge in [-0.3, -0.25) is 28.8 Å². The van der Waals surface area contributed by atoms with Crippen molar-refractivity contribution in [3.05, 3.63) is 29.8 Å². The van der Waals surface area contributed by atoms with E-state index in [0.29, 0.717) is 12.0 Å². The Morgan fingerprint density at radius 3 is 2.17 bits per heavy atom. The predicted octanol–water partition coefficient (Wildman–Crippen LogP) is -2.54. The maximum Gasteiger partial charge on any atom is 0.303 e. The van der Waals surface area contributed by atoms with Gasteiger partial charge in [-0.25, -0.2) is 0 Å². The van der Waals surface area contributed by atoms with Crippen LogP contribution >= 0.6 is 0 Å². The summed E-state index contributed by atoms with van der Waals surface area (Å²) in [6, 6.07) is -0.113. The van der Waals surface area contributed by atoms with Crippen molar-refractivity contribution < 1.29 is 44.1 Å². The van der Waals surface area contributed by atoms with Crippen molar-refractivity contribution in [2.45, 2.75) is 82.3 Å². The first-order valence-electron chi connectivity index (χ1n) is 13.2. The van der Waals surface area contributed by atoms with E-state index >= 15 is 0 Å². The first kappa shape index (κ1) is 33.0. The minimum atomic E-state index is -1.44. The first-order chi connectivity index (χ1) is 19.2. The molecule has 1 aliphatic heterocycles. The number of amides is 5. The van der Waals surface area contributed by atoms with Crippen molar-refractivity contribution in [1.29, 1.82) is 0 Å². The third-order valence-corrected chi connectivity index (χ3v) is 6.61. The number of benzene rings is 1. The molecule has 0 aromatic heterocycles. The van der Waals surface area contributed by atoms with Crippen LogP contribution in [0.3, 0.4) is 0 Å². The van der Waals surface area contributed by atoms with Crippen molar-refractivity contribution in [2.24, 2.45) is 11.5 Å². The number of aliphatic hydroxyl groups excluding tert-OH is 1. The molecule has 10 N–H and O–H groups in total. The Hall–Kier alpha value is -4.24. The topological polar surface area (TPSA) is 254 Å². The number of hydrogen-bond donors (Lipinski definition) is 8. The van der Waals surface area contributed by atoms with Gasteiger partial charge in [0.2, 0.25) is 29.5 Å². The van der Waals surface area contributed by atoms with Gasteiger partial charge >= 0.3 is 5.97 Å². The Morgan fingerprint density at radius 2 is 1.63 bits per heavy atom. The number of aliphatic carboxylic acids is 1. The molecule has 1 aromatic rings. The van der Waals surface area contributed by atoms with Crippen molar-refractivity contribution in [2.75, 3.05) is 6.54 Å². The van der Waals surface area contributed by atoms with Crippen LogP contribution in [0, 0.1) is 0 Å². The highest BCUT2D eigenvalue weighted by molar-refractivity contribution is 5.96. The van der Waals surface area contributed by atoms with E-state index in [4.69, 9.17) is 16.6 Å². The smallest absolute Gasteiger partial charge is 0.303 e. The summed E-state index contributed by atoms with van der Waals surface area (Å²) in [6.07, 6.45) is -1.38. The second-order valence-electron chi connectivity index (χ2n) is 10.0. The Bertz CT molecular complexity index is 1120. The molecule has 0 spiro atoms. The third-order valence-electron chi connectivity index (χ3n) is 6.61. The SMILES string of the molecule is C[C@H](N)C(=O)N[C@@H](CCC(=O)O)C(=O)N1CCC[C@H]1C(=O)N[C@@H](Cc1ccc(O)cc1)C(=O)N[C@H](C(N)=O)[C@@H](C)O. The molecule has 1 fully saturated rings. The van der Waals surface area contributed by atoms with Crippen LogP contribution < -0.4 is 27.4 Å². The number of carboxylic acid groups (broad SMARTS) is 1. The van der Waals surface area contributed by atoms with Crippen LogP contribution in [0.25, 0.3) is 0 Å². The first-order valence-corrected chi connectivity index (χ1v) is 13.2. The molecule has 0 bridgehead atoms. The maximum absolute atomic E-state index is 13.4. The largest absolute Gasteiger partial charge is 0.508 e. The highest BCUT2D eigenvalue weighted by Crippen LogP contribution is 2.21. The number of aromatic hydroxyl groups is 1. The number of carboxylic acids is 1. The lowest BCUT2D eigenvalue weighted by Crippen LogP contribution is -2.59. The van der Waals surface area contributed by atoms with E-state index in [9.17, 15) is 39.0 Å². The summed E-state index contributed by atoms with van der Waals surface area (Å²) >= 11 is 0. The number of nitrogens with two attached hydrogens (primary N) is 2. The van der Waals surface area contributed by atoms with Crippen LogP contribution in [0.1, 0.15) is 45.1 Å². The molecule has 226 valence electrons. The fraction of sp³-hybridized carbons (Fsp3) is 0.538. The molecular weight excluding hydrogens is 540 g/mol. The average molecular weight is 579 g/mol. The number of aliphatic hydroxyl groups is 1. The number of likely N-dealkylation sites (tertiary alicyclic amines) is 1. The van der Waals surface area contributed by atoms with E-state index < -0.39 is 78.2 Å². The van der Waals surface area contributed by atoms with Gasteiger partial charge in [0, 0.05) is 19.4 Å². The summed E-state index contributed by atoms with van der Waals surface area (Å²) in [5, 5.41) is 35.9. The van der Waals surface area contributed by atoms with E-state index in [2.05, 4.69) is 16.0 Å². The number of phenolic OH excluding ortho intramolecular Hbond substituents is 1. The molecule has 41 heavy (non-hydrogen) atoms. The summed E-state index contributed by atoms with van der Waals surface area (Å²) in [5.41, 5.74) is 11.4. The zero-order valence-corrected chi connectivity index (χ0v) is 22.9. The average Bonchev–Trinajstić information content (AvgIpc) is 3.39. The molecule has 0 saturated carbocycles. The normalized spacial score (nSPS) is 18.3. The molecular formula is C26H38N6O9. The second-order valence-corrected chi connectivity index (χ2v) is 10.0. The molecule has 6 atom stereocenters. The zero-order valence-electron chi connectivity index (χ0n) is 22.9. The molecule has 0 unspecified atom stereocenters. The molecule has 1 saturated heterocycles. The molecule has 0 radical (unpaired) electrons. The highest BCUT2D eigenvalue weighted by Gasteiger charge is 2.39. The minimum Gasteiger partial charge on any atom is -0.508 e. The number of rotatable bonds is 14. The standard InChI is InChI=1S/C26H38N6O9/c1-13(27)23(38)29-17(9-10-20(35)36)26(41)32-11-3-4-19(32)25(40)30-18(12-15-5-7-16(34)8-6-15)24(39)31-21(14(2)33)22(28)37/h5-8,13-14,17-19,21,33-34H,3-4,9-12,27H2,1-2H3,(H2,28,37)(H,29,38)(H,30,40)(H,31,39)(H,35,36)/t13-,14+,17-,18-,19-,21-/m0/s1. The molecule has 15 heteroatoms. The Labute approximate surface area is 236 Å². The summed E-state index contributed by atoms with van der Waals surface area (Å²) in [5.74, 6) is -5.04. The lowest BCUT2D eigenvalue weighted by atomic mass is 10.0. The van der Waals surface area contributed by atoms with Gasteiger partial charge in [0.15, 0.2) is 0 Å². The molecule has 1 aliphatic rings. The number of nitrogens with one attached hydrogen (secondary N) is 3. The fourth-order valence-electron chi connectivity index (χ4n) is 4.36.